The van der Waals surface area contributed by atoms with Gasteiger partial charge in [0, 0.05) is 17.6 Å². The predicted octanol–water partition coefficient (Wildman–Crippen LogP) is 4.23. The van der Waals surface area contributed by atoms with E-state index in [2.05, 4.69) is 24.3 Å². The fourth-order valence-corrected chi connectivity index (χ4v) is 2.67. The number of nitrogens with one attached hydrogen (secondary N) is 1. The summed E-state index contributed by atoms with van der Waals surface area (Å²) in [6, 6.07) is 6.96. The number of hydrogen-bond acceptors (Lipinski definition) is 3. The molecule has 2 rings (SSSR count). The molecule has 2 unspecified atom stereocenters. The summed E-state index contributed by atoms with van der Waals surface area (Å²) in [4.78, 5) is 0. The minimum Gasteiger partial charge on any atom is -0.361 e. The third kappa shape index (κ3) is 3.07. The molecular formula is C16H21FN2O. The van der Waals surface area contributed by atoms with Gasteiger partial charge < -0.3 is 9.84 Å². The van der Waals surface area contributed by atoms with Crippen molar-refractivity contribution in [1.29, 1.82) is 0 Å². The highest BCUT2D eigenvalue weighted by molar-refractivity contribution is 5.26. The Kier molecular flexibility index (Phi) is 4.55. The van der Waals surface area contributed by atoms with Gasteiger partial charge in [-0.2, -0.15) is 0 Å². The van der Waals surface area contributed by atoms with Crippen molar-refractivity contribution in [1.82, 2.24) is 10.5 Å². The molecule has 0 radical (unpaired) electrons. The maximum Gasteiger partial charge on any atom is 0.138 e. The van der Waals surface area contributed by atoms with Crippen molar-refractivity contribution in [3.63, 3.8) is 0 Å². The second-order valence-electron chi connectivity index (χ2n) is 5.14. The second kappa shape index (κ2) is 6.18. The average molecular weight is 276 g/mol. The lowest BCUT2D eigenvalue weighted by Gasteiger charge is -2.23. The van der Waals surface area contributed by atoms with Crippen LogP contribution in [-0.2, 0) is 0 Å². The normalized spacial score (nSPS) is 14.2. The molecule has 108 valence electrons. The molecule has 4 heteroatoms. The molecule has 0 spiro atoms. The van der Waals surface area contributed by atoms with Crippen molar-refractivity contribution in [2.75, 3.05) is 0 Å². The molecule has 20 heavy (non-hydrogen) atoms. The molecule has 2 atom stereocenters. The Hall–Kier alpha value is -1.68. The van der Waals surface area contributed by atoms with Crippen LogP contribution in [0.1, 0.15) is 54.9 Å². The van der Waals surface area contributed by atoms with Gasteiger partial charge in [-0.05, 0) is 44.9 Å². The number of benzene rings is 1. The Balaban J connectivity index is 2.18. The smallest absolute Gasteiger partial charge is 0.138 e. The first-order valence-electron chi connectivity index (χ1n) is 6.97. The third-order valence-electron chi connectivity index (χ3n) is 3.63. The van der Waals surface area contributed by atoms with Crippen molar-refractivity contribution >= 4 is 0 Å². The summed E-state index contributed by atoms with van der Waals surface area (Å²) in [5, 5.41) is 7.51. The fraction of sp³-hybridized carbons (Fsp3) is 0.438. The van der Waals surface area contributed by atoms with Gasteiger partial charge in [0.2, 0.25) is 0 Å². The quantitative estimate of drug-likeness (QED) is 0.888. The first-order chi connectivity index (χ1) is 9.52. The van der Waals surface area contributed by atoms with Gasteiger partial charge in [0.05, 0.1) is 5.69 Å². The largest absolute Gasteiger partial charge is 0.361 e. The van der Waals surface area contributed by atoms with Crippen molar-refractivity contribution in [2.45, 2.75) is 46.2 Å². The summed E-state index contributed by atoms with van der Waals surface area (Å²) in [7, 11) is 0. The van der Waals surface area contributed by atoms with E-state index >= 15 is 0 Å². The van der Waals surface area contributed by atoms with Crippen LogP contribution in [0, 0.1) is 19.7 Å². The minimum absolute atomic E-state index is 0.106. The van der Waals surface area contributed by atoms with E-state index in [9.17, 15) is 4.39 Å². The van der Waals surface area contributed by atoms with Crippen LogP contribution in [0.25, 0.3) is 0 Å². The first kappa shape index (κ1) is 14.7. The molecule has 1 N–H and O–H groups in total. The van der Waals surface area contributed by atoms with E-state index in [0.29, 0.717) is 0 Å². The molecule has 0 aliphatic heterocycles. The lowest BCUT2D eigenvalue weighted by Crippen LogP contribution is -2.25. The third-order valence-corrected chi connectivity index (χ3v) is 3.63. The van der Waals surface area contributed by atoms with E-state index < -0.39 is 0 Å². The molecule has 0 saturated carbocycles. The SMILES string of the molecule is CCC(NC(C)c1c(C)noc1C)c1cccc(F)c1. The van der Waals surface area contributed by atoms with E-state index in [0.717, 1.165) is 29.0 Å². The topological polar surface area (TPSA) is 38.1 Å². The summed E-state index contributed by atoms with van der Waals surface area (Å²) < 4.78 is 18.6. The molecule has 1 aromatic heterocycles. The highest BCUT2D eigenvalue weighted by Gasteiger charge is 2.20. The van der Waals surface area contributed by atoms with Crippen LogP contribution < -0.4 is 5.32 Å². The van der Waals surface area contributed by atoms with Crippen molar-refractivity contribution < 1.29 is 8.91 Å². The van der Waals surface area contributed by atoms with E-state index in [-0.39, 0.29) is 17.9 Å². The van der Waals surface area contributed by atoms with E-state index in [1.54, 1.807) is 12.1 Å². The van der Waals surface area contributed by atoms with Crippen LogP contribution in [0.4, 0.5) is 4.39 Å². The van der Waals surface area contributed by atoms with Gasteiger partial charge in [-0.25, -0.2) is 4.39 Å². The van der Waals surface area contributed by atoms with Gasteiger partial charge in [-0.15, -0.1) is 0 Å². The zero-order chi connectivity index (χ0) is 14.7. The van der Waals surface area contributed by atoms with E-state index in [1.165, 1.54) is 6.07 Å². The molecule has 0 saturated heterocycles. The Morgan fingerprint density at radius 1 is 1.35 bits per heavy atom. The fourth-order valence-electron chi connectivity index (χ4n) is 2.67. The number of hydrogen-bond donors (Lipinski definition) is 1. The number of rotatable bonds is 5. The predicted molar refractivity (Wildman–Crippen MR) is 77.0 cm³/mol. The maximum atomic E-state index is 13.4. The van der Waals surface area contributed by atoms with Gasteiger partial charge in [-0.3, -0.25) is 0 Å². The summed E-state index contributed by atoms with van der Waals surface area (Å²) in [6.45, 7) is 8.01. The van der Waals surface area contributed by atoms with Gasteiger partial charge in [0.25, 0.3) is 0 Å². The van der Waals surface area contributed by atoms with Crippen LogP contribution in [0.5, 0.6) is 0 Å². The van der Waals surface area contributed by atoms with Crippen LogP contribution in [0.3, 0.4) is 0 Å². The van der Waals surface area contributed by atoms with Gasteiger partial charge in [-0.1, -0.05) is 24.2 Å². The number of aromatic nitrogens is 1. The molecular weight excluding hydrogens is 255 g/mol. The molecule has 0 aliphatic carbocycles. The van der Waals surface area contributed by atoms with Crippen molar-refractivity contribution in [3.05, 3.63) is 52.7 Å². The lowest BCUT2D eigenvalue weighted by molar-refractivity contribution is 0.388. The molecule has 0 fully saturated rings. The van der Waals surface area contributed by atoms with Crippen molar-refractivity contribution in [2.24, 2.45) is 0 Å². The van der Waals surface area contributed by atoms with Gasteiger partial charge in [0.15, 0.2) is 0 Å². The second-order valence-corrected chi connectivity index (χ2v) is 5.14. The van der Waals surface area contributed by atoms with Gasteiger partial charge in [0.1, 0.15) is 11.6 Å². The highest BCUT2D eigenvalue weighted by atomic mass is 19.1. The zero-order valence-electron chi connectivity index (χ0n) is 12.4. The minimum atomic E-state index is -0.201. The Morgan fingerprint density at radius 3 is 2.65 bits per heavy atom. The van der Waals surface area contributed by atoms with E-state index in [1.807, 2.05) is 19.9 Å². The van der Waals surface area contributed by atoms with Crippen LogP contribution >= 0.6 is 0 Å². The molecule has 3 nitrogen and oxygen atoms in total. The first-order valence-corrected chi connectivity index (χ1v) is 6.97. The van der Waals surface area contributed by atoms with Crippen molar-refractivity contribution in [3.8, 4) is 0 Å². The maximum absolute atomic E-state index is 13.4. The lowest BCUT2D eigenvalue weighted by atomic mass is 10.0. The zero-order valence-corrected chi connectivity index (χ0v) is 12.4. The molecule has 1 heterocycles. The number of aryl methyl sites for hydroxylation is 2. The monoisotopic (exact) mass is 276 g/mol. The summed E-state index contributed by atoms with van der Waals surface area (Å²) in [5.41, 5.74) is 2.95. The molecule has 1 aromatic carbocycles. The van der Waals surface area contributed by atoms with Crippen LogP contribution in [0.2, 0.25) is 0 Å². The Bertz CT molecular complexity index is 560. The highest BCUT2D eigenvalue weighted by Crippen LogP contribution is 2.26. The summed E-state index contributed by atoms with van der Waals surface area (Å²) in [5.74, 6) is 0.629. The molecule has 2 aromatic rings. The summed E-state index contributed by atoms with van der Waals surface area (Å²) in [6.07, 6.45) is 0.886. The average Bonchev–Trinajstić information content (AvgIpc) is 2.75. The summed E-state index contributed by atoms with van der Waals surface area (Å²) >= 11 is 0. The van der Waals surface area contributed by atoms with Crippen LogP contribution in [0.15, 0.2) is 28.8 Å². The van der Waals surface area contributed by atoms with Gasteiger partial charge >= 0.3 is 0 Å². The number of halogens is 1. The van der Waals surface area contributed by atoms with E-state index in [4.69, 9.17) is 4.52 Å². The molecule has 0 aliphatic rings. The number of nitrogens with zero attached hydrogens (tertiary/aromatic N) is 1. The van der Waals surface area contributed by atoms with Crippen LogP contribution in [-0.4, -0.2) is 5.16 Å². The Morgan fingerprint density at radius 2 is 2.10 bits per heavy atom. The molecule has 0 bridgehead atoms. The molecule has 0 amide bonds. The Labute approximate surface area is 119 Å². The standard InChI is InChI=1S/C16H21FN2O/c1-5-15(13-7-6-8-14(17)9-13)18-10(2)16-11(3)19-20-12(16)4/h6-10,15,18H,5H2,1-4H3.